The number of ether oxygens (including phenoxy) is 2. The largest absolute Gasteiger partial charge is 0.472 e. The normalized spacial score (nSPS) is 14.3. The molecule has 0 aromatic rings. The van der Waals surface area contributed by atoms with Crippen LogP contribution in [-0.4, -0.2) is 75.6 Å². The molecule has 0 radical (unpaired) electrons. The first-order valence-corrected chi connectivity index (χ1v) is 22.9. The fourth-order valence-corrected chi connectivity index (χ4v) is 6.30. The topological polar surface area (TPSA) is 91.3 Å². The number of allylic oxidation sites excluding steroid dienone is 8. The smallest absolute Gasteiger partial charge is 0.457 e. The predicted octanol–water partition coefficient (Wildman–Crippen LogP) is 12.4. The van der Waals surface area contributed by atoms with E-state index in [-0.39, 0.29) is 25.8 Å². The van der Waals surface area contributed by atoms with Crippen molar-refractivity contribution in [3.63, 3.8) is 0 Å². The lowest BCUT2D eigenvalue weighted by molar-refractivity contribution is -0.870. The molecule has 8 nitrogen and oxygen atoms in total. The van der Waals surface area contributed by atoms with Crippen molar-refractivity contribution in [2.75, 3.05) is 54.1 Å². The number of carbonyl (C=O) groups excluding carboxylic acids is 1. The molecule has 0 spiro atoms. The summed E-state index contributed by atoms with van der Waals surface area (Å²) < 4.78 is 34.9. The van der Waals surface area contributed by atoms with Gasteiger partial charge in [-0.2, -0.15) is 0 Å². The average Bonchev–Trinajstić information content (AvgIpc) is 3.11. The van der Waals surface area contributed by atoms with Gasteiger partial charge in [-0.25, -0.2) is 4.57 Å². The number of hydrogen-bond acceptors (Lipinski definition) is 6. The van der Waals surface area contributed by atoms with Crippen molar-refractivity contribution in [3.05, 3.63) is 48.6 Å². The van der Waals surface area contributed by atoms with Crippen LogP contribution >= 0.6 is 7.82 Å². The number of carbonyl (C=O) groups is 1. The minimum absolute atomic E-state index is 0.0839. The molecule has 0 amide bonds. The van der Waals surface area contributed by atoms with E-state index in [1.807, 2.05) is 21.1 Å². The summed E-state index contributed by atoms with van der Waals surface area (Å²) in [7, 11) is 1.65. The summed E-state index contributed by atoms with van der Waals surface area (Å²) in [5.74, 6) is -0.327. The van der Waals surface area contributed by atoms with Gasteiger partial charge in [-0.1, -0.05) is 140 Å². The van der Waals surface area contributed by atoms with Crippen molar-refractivity contribution in [2.24, 2.45) is 0 Å². The molecule has 310 valence electrons. The number of nitrogens with zero attached hydrogens (tertiary/aromatic N) is 1. The van der Waals surface area contributed by atoms with E-state index in [1.165, 1.54) is 89.9 Å². The first-order chi connectivity index (χ1) is 25.6. The molecule has 0 aromatic heterocycles. The summed E-state index contributed by atoms with van der Waals surface area (Å²) >= 11 is 0. The zero-order valence-electron chi connectivity index (χ0n) is 35.0. The van der Waals surface area contributed by atoms with Crippen LogP contribution in [0.1, 0.15) is 168 Å². The van der Waals surface area contributed by atoms with Crippen LogP contribution in [0.5, 0.6) is 0 Å². The fourth-order valence-electron chi connectivity index (χ4n) is 5.56. The molecule has 0 heterocycles. The maximum atomic E-state index is 12.7. The molecular weight excluding hydrogens is 685 g/mol. The second-order valence-corrected chi connectivity index (χ2v) is 16.8. The molecule has 53 heavy (non-hydrogen) atoms. The van der Waals surface area contributed by atoms with Crippen molar-refractivity contribution < 1.29 is 37.3 Å². The third-order valence-corrected chi connectivity index (χ3v) is 9.86. The van der Waals surface area contributed by atoms with Crippen molar-refractivity contribution in [1.29, 1.82) is 0 Å². The lowest BCUT2D eigenvalue weighted by Crippen LogP contribution is -2.37. The van der Waals surface area contributed by atoms with Crippen LogP contribution in [0.4, 0.5) is 0 Å². The first-order valence-electron chi connectivity index (χ1n) is 21.4. The molecule has 9 heteroatoms. The van der Waals surface area contributed by atoms with Crippen LogP contribution in [0.15, 0.2) is 48.6 Å². The number of hydrogen-bond donors (Lipinski definition) is 1. The average molecular weight is 769 g/mol. The fraction of sp³-hybridized carbons (Fsp3) is 0.795. The molecule has 2 unspecified atom stereocenters. The molecule has 0 fully saturated rings. The molecule has 0 aliphatic rings. The van der Waals surface area contributed by atoms with E-state index in [4.69, 9.17) is 18.5 Å². The third kappa shape index (κ3) is 41.5. The third-order valence-electron chi connectivity index (χ3n) is 8.87. The summed E-state index contributed by atoms with van der Waals surface area (Å²) in [5, 5.41) is 0. The second kappa shape index (κ2) is 37.4. The Hall–Kier alpha value is -1.54. The highest BCUT2D eigenvalue weighted by Gasteiger charge is 2.26. The molecule has 2 atom stereocenters. The van der Waals surface area contributed by atoms with Gasteiger partial charge < -0.3 is 18.9 Å². The van der Waals surface area contributed by atoms with Crippen molar-refractivity contribution >= 4 is 13.8 Å². The van der Waals surface area contributed by atoms with Gasteiger partial charge >= 0.3 is 13.8 Å². The molecule has 0 aliphatic carbocycles. The Labute approximate surface area is 327 Å². The van der Waals surface area contributed by atoms with E-state index in [9.17, 15) is 14.3 Å². The monoisotopic (exact) mass is 769 g/mol. The number of phosphoric acid groups is 1. The van der Waals surface area contributed by atoms with Crippen LogP contribution in [0.3, 0.4) is 0 Å². The van der Waals surface area contributed by atoms with Crippen molar-refractivity contribution in [2.45, 2.75) is 174 Å². The summed E-state index contributed by atoms with van der Waals surface area (Å²) in [5.41, 5.74) is 0. The molecular formula is C44H83NO7P+. The summed E-state index contributed by atoms with van der Waals surface area (Å²) in [6.07, 6.45) is 44.2. The van der Waals surface area contributed by atoms with Crippen LogP contribution in [0.25, 0.3) is 0 Å². The molecule has 0 bridgehead atoms. The van der Waals surface area contributed by atoms with Gasteiger partial charge in [0.1, 0.15) is 19.3 Å². The van der Waals surface area contributed by atoms with E-state index in [1.54, 1.807) is 0 Å². The first kappa shape index (κ1) is 51.5. The van der Waals surface area contributed by atoms with E-state index in [2.05, 4.69) is 62.5 Å². The van der Waals surface area contributed by atoms with Gasteiger partial charge in [-0.3, -0.25) is 13.8 Å². The molecule has 0 saturated heterocycles. The standard InChI is InChI=1S/C44H82NO7P/c1-6-8-10-12-14-16-18-20-22-23-24-25-27-29-31-33-35-37-44(46)52-43(42-51-53(47,48)50-40-38-45(3,4)5)41-49-39-36-34-32-30-28-26-21-19-17-15-13-11-9-7-2/h8,10,14,16-17,19-20,22,43H,6-7,9,11-13,15,18,21,23-42H2,1-5H3/p+1/b10-8-,16-14-,19-17-,22-20-. The number of quaternary nitrogens is 1. The lowest BCUT2D eigenvalue weighted by Gasteiger charge is -2.24. The van der Waals surface area contributed by atoms with Crippen LogP contribution < -0.4 is 0 Å². The number of likely N-dealkylation sites (N-methyl/N-ethyl adjacent to an activating group) is 1. The Morgan fingerprint density at radius 1 is 0.604 bits per heavy atom. The second-order valence-electron chi connectivity index (χ2n) is 15.3. The quantitative estimate of drug-likeness (QED) is 0.0219. The Balaban J connectivity index is 4.28. The minimum atomic E-state index is -4.28. The highest BCUT2D eigenvalue weighted by molar-refractivity contribution is 7.47. The maximum Gasteiger partial charge on any atom is 0.472 e. The molecule has 0 saturated carbocycles. The van der Waals surface area contributed by atoms with Gasteiger partial charge in [0.05, 0.1) is 34.4 Å². The Morgan fingerprint density at radius 2 is 1.09 bits per heavy atom. The maximum absolute atomic E-state index is 12.7. The van der Waals surface area contributed by atoms with E-state index in [0.29, 0.717) is 24.1 Å². The van der Waals surface area contributed by atoms with E-state index >= 15 is 0 Å². The number of phosphoric ester groups is 1. The Kier molecular flexibility index (Phi) is 36.3. The number of rotatable bonds is 39. The SMILES string of the molecule is CC/C=C\C/C=C\C/C=C\CCCCCCCCCC(=O)OC(COCCCCCCCC/C=C\CCCCCC)COP(=O)(O)OCC[N+](C)(C)C. The van der Waals surface area contributed by atoms with Crippen molar-refractivity contribution in [3.8, 4) is 0 Å². The highest BCUT2D eigenvalue weighted by atomic mass is 31.2. The minimum Gasteiger partial charge on any atom is -0.457 e. The summed E-state index contributed by atoms with van der Waals surface area (Å²) in [6.45, 7) is 5.47. The van der Waals surface area contributed by atoms with Crippen LogP contribution in [0.2, 0.25) is 0 Å². The van der Waals surface area contributed by atoms with Gasteiger partial charge in [0.25, 0.3) is 0 Å². The van der Waals surface area contributed by atoms with Crippen molar-refractivity contribution in [1.82, 2.24) is 0 Å². The predicted molar refractivity (Wildman–Crippen MR) is 224 cm³/mol. The van der Waals surface area contributed by atoms with Gasteiger partial charge in [0.2, 0.25) is 0 Å². The van der Waals surface area contributed by atoms with Gasteiger partial charge in [0.15, 0.2) is 0 Å². The molecule has 0 rings (SSSR count). The van der Waals surface area contributed by atoms with E-state index < -0.39 is 13.9 Å². The number of esters is 1. The summed E-state index contributed by atoms with van der Waals surface area (Å²) in [6, 6.07) is 0. The zero-order chi connectivity index (χ0) is 39.1. The van der Waals surface area contributed by atoms with Crippen LogP contribution in [0, 0.1) is 0 Å². The zero-order valence-corrected chi connectivity index (χ0v) is 35.9. The van der Waals surface area contributed by atoms with Crippen LogP contribution in [-0.2, 0) is 27.9 Å². The Bertz CT molecular complexity index is 989. The van der Waals surface area contributed by atoms with Gasteiger partial charge in [-0.05, 0) is 70.6 Å². The van der Waals surface area contributed by atoms with Gasteiger partial charge in [-0.15, -0.1) is 0 Å². The molecule has 0 aromatic carbocycles. The number of unbranched alkanes of at least 4 members (excludes halogenated alkanes) is 17. The molecule has 0 aliphatic heterocycles. The lowest BCUT2D eigenvalue weighted by atomic mass is 10.1. The van der Waals surface area contributed by atoms with E-state index in [0.717, 1.165) is 57.8 Å². The summed E-state index contributed by atoms with van der Waals surface area (Å²) in [4.78, 5) is 22.9. The highest BCUT2D eigenvalue weighted by Crippen LogP contribution is 2.43. The van der Waals surface area contributed by atoms with Gasteiger partial charge in [0, 0.05) is 13.0 Å². The molecule has 1 N–H and O–H groups in total. The Morgan fingerprint density at radius 3 is 1.66 bits per heavy atom.